The van der Waals surface area contributed by atoms with E-state index in [0.29, 0.717) is 87.3 Å². The van der Waals surface area contributed by atoms with Crippen LogP contribution in [0.25, 0.3) is 39.0 Å². The molecule has 2 saturated carbocycles. The van der Waals surface area contributed by atoms with Gasteiger partial charge in [-0.05, 0) is 137 Å². The molecule has 346 valence electrons. The average molecular weight is 911 g/mol. The van der Waals surface area contributed by atoms with Crippen LogP contribution in [0.2, 0.25) is 0 Å². The Labute approximate surface area is 383 Å². The van der Waals surface area contributed by atoms with Crippen molar-refractivity contribution in [2.24, 2.45) is 11.8 Å². The van der Waals surface area contributed by atoms with Crippen LogP contribution in [0, 0.1) is 37.3 Å². The second-order valence-corrected chi connectivity index (χ2v) is 19.6. The number of benzene rings is 3. The maximum Gasteiger partial charge on any atom is 0.438 e. The summed E-state index contributed by atoms with van der Waals surface area (Å²) < 4.78 is 47.6. The normalized spacial score (nSPS) is 20.0. The van der Waals surface area contributed by atoms with Crippen molar-refractivity contribution in [2.45, 2.75) is 104 Å². The summed E-state index contributed by atoms with van der Waals surface area (Å²) >= 11 is 0. The molecule has 3 aromatic carbocycles. The van der Waals surface area contributed by atoms with E-state index < -0.39 is 17.3 Å². The van der Waals surface area contributed by atoms with Crippen LogP contribution >= 0.6 is 0 Å². The Morgan fingerprint density at radius 3 is 2.45 bits per heavy atom. The summed E-state index contributed by atoms with van der Waals surface area (Å²) in [4.78, 5) is 46.8. The molecule has 3 atom stereocenters. The Morgan fingerprint density at radius 1 is 0.955 bits per heavy atom. The number of halogens is 2. The molecule has 4 aliphatic rings. The number of fused-ring (bicyclic) bond motifs is 3. The Bertz CT molecular complexity index is 3340. The molecule has 2 aliphatic heterocycles. The van der Waals surface area contributed by atoms with E-state index in [4.69, 9.17) is 9.84 Å². The number of hydrogen-bond donors (Lipinski definition) is 2. The standard InChI is InChI=1S/C44H44F2N8O3.C6H8N2O2/c1-25-17-31(18-26(2)39(25)45)54-41(52-15-14-51(43(52)56)38-10-9-37-32(40(38)46)22-47-53(37)23-27-5-6-27)33-24-50(13-11-35(33)49-54)42(55)36-20-30-19-28(7-8-34(30)48-36)29-12-16-57-44(3,4)21-29;1-3-2-4(3)5-7-6(9)10-8-5/h7-10,14-15,17-20,22,27,29,48H,5-6,11-13,16,21,23-24H2,1-4H3;3-4H,2H2,1H3,(H,7,8,9). The second kappa shape index (κ2) is 16.2. The SMILES string of the molecule is CC1CC1c1noc(=O)[nH]1.Cc1cc(-n2nc3c(c2-n2ccn(-c4ccc5c(cnn5CC5CC5)c4F)c2=O)CN(C(=O)c2cc4cc(C5CCOC(C)(C)C5)ccc4[nH]2)CC3)cc(C)c1F. The number of imidazole rings is 1. The number of carbonyl (C=O) groups excluding carboxylic acids is 1. The van der Waals surface area contributed by atoms with E-state index in [-0.39, 0.29) is 29.6 Å². The number of aromatic amines is 2. The molecule has 12 rings (SSSR count). The van der Waals surface area contributed by atoms with Crippen molar-refractivity contribution in [3.8, 4) is 17.2 Å². The van der Waals surface area contributed by atoms with Gasteiger partial charge in [0.25, 0.3) is 5.91 Å². The van der Waals surface area contributed by atoms with Crippen LogP contribution in [0.3, 0.4) is 0 Å². The van der Waals surface area contributed by atoms with Crippen molar-refractivity contribution in [1.82, 2.24) is 48.7 Å². The van der Waals surface area contributed by atoms with Crippen molar-refractivity contribution < 1.29 is 22.8 Å². The first-order chi connectivity index (χ1) is 32.2. The lowest BCUT2D eigenvalue weighted by atomic mass is 9.83. The summed E-state index contributed by atoms with van der Waals surface area (Å²) in [7, 11) is 0. The topological polar surface area (TPSA) is 167 Å². The summed E-state index contributed by atoms with van der Waals surface area (Å²) in [5.74, 6) is 1.69. The number of nitrogens with zero attached hydrogens (tertiary/aromatic N) is 8. The predicted octanol–water partition coefficient (Wildman–Crippen LogP) is 8.31. The van der Waals surface area contributed by atoms with Crippen LogP contribution in [-0.4, -0.2) is 73.4 Å². The molecule has 5 aromatic heterocycles. The van der Waals surface area contributed by atoms with Gasteiger partial charge in [0.05, 0.1) is 46.3 Å². The highest BCUT2D eigenvalue weighted by Crippen LogP contribution is 2.45. The number of nitrogens with one attached hydrogen (secondary N) is 2. The van der Waals surface area contributed by atoms with Crippen molar-refractivity contribution >= 4 is 27.7 Å². The molecule has 0 radical (unpaired) electrons. The van der Waals surface area contributed by atoms with E-state index >= 15 is 4.39 Å². The van der Waals surface area contributed by atoms with Crippen LogP contribution in [0.1, 0.15) is 109 Å². The van der Waals surface area contributed by atoms with Gasteiger partial charge in [-0.15, -0.1) is 0 Å². The molecule has 67 heavy (non-hydrogen) atoms. The molecule has 1 amide bonds. The minimum absolute atomic E-state index is 0.102. The highest BCUT2D eigenvalue weighted by Gasteiger charge is 2.37. The largest absolute Gasteiger partial charge is 0.438 e. The van der Waals surface area contributed by atoms with E-state index in [1.54, 1.807) is 47.8 Å². The Morgan fingerprint density at radius 2 is 1.73 bits per heavy atom. The minimum Gasteiger partial charge on any atom is -0.376 e. The van der Waals surface area contributed by atoms with Crippen molar-refractivity contribution in [2.75, 3.05) is 13.2 Å². The molecule has 1 saturated heterocycles. The van der Waals surface area contributed by atoms with E-state index in [1.807, 2.05) is 22.9 Å². The zero-order valence-corrected chi connectivity index (χ0v) is 38.1. The Hall–Kier alpha value is -6.88. The van der Waals surface area contributed by atoms with Gasteiger partial charge in [0.1, 0.15) is 17.3 Å². The molecule has 17 heteroatoms. The van der Waals surface area contributed by atoms with Crippen molar-refractivity contribution in [3.63, 3.8) is 0 Å². The Balaban J connectivity index is 0.000000436. The third kappa shape index (κ3) is 7.91. The number of amides is 1. The summed E-state index contributed by atoms with van der Waals surface area (Å²) in [5.41, 5.74) is 5.56. The van der Waals surface area contributed by atoms with Crippen molar-refractivity contribution in [3.05, 3.63) is 139 Å². The monoisotopic (exact) mass is 910 g/mol. The third-order valence-corrected chi connectivity index (χ3v) is 14.1. The van der Waals surface area contributed by atoms with Crippen LogP contribution < -0.4 is 11.4 Å². The number of carbonyl (C=O) groups is 1. The van der Waals surface area contributed by atoms with Crippen molar-refractivity contribution in [1.29, 1.82) is 0 Å². The van der Waals surface area contributed by atoms with E-state index in [2.05, 4.69) is 57.7 Å². The molecule has 3 fully saturated rings. The van der Waals surface area contributed by atoms with Gasteiger partial charge >= 0.3 is 11.4 Å². The molecule has 0 bridgehead atoms. The summed E-state index contributed by atoms with van der Waals surface area (Å²) in [5, 5.41) is 14.3. The molecule has 8 aromatic rings. The summed E-state index contributed by atoms with van der Waals surface area (Å²) in [6.45, 7) is 11.8. The van der Waals surface area contributed by atoms with Crippen LogP contribution in [-0.2, 0) is 24.2 Å². The van der Waals surface area contributed by atoms with Gasteiger partial charge in [0, 0.05) is 60.9 Å². The van der Waals surface area contributed by atoms with Crippen LogP contribution in [0.15, 0.2) is 81.2 Å². The Kier molecular flexibility index (Phi) is 10.3. The lowest BCUT2D eigenvalue weighted by molar-refractivity contribution is -0.0592. The average Bonchev–Trinajstić information content (AvgIpc) is 3.87. The van der Waals surface area contributed by atoms with Gasteiger partial charge in [0.15, 0.2) is 11.6 Å². The van der Waals surface area contributed by atoms with Crippen LogP contribution in [0.5, 0.6) is 0 Å². The molecule has 7 heterocycles. The van der Waals surface area contributed by atoms with Gasteiger partial charge in [-0.3, -0.25) is 28.1 Å². The number of H-pyrrole nitrogens is 2. The number of rotatable bonds is 8. The molecule has 2 N–H and O–H groups in total. The molecule has 0 spiro atoms. The summed E-state index contributed by atoms with van der Waals surface area (Å²) in [6.07, 6.45) is 10.4. The van der Waals surface area contributed by atoms with Crippen LogP contribution in [0.4, 0.5) is 8.78 Å². The quantitative estimate of drug-likeness (QED) is 0.154. The fraction of sp³-hybridized carbons (Fsp3) is 0.400. The number of hydrogen-bond acceptors (Lipinski definition) is 8. The van der Waals surface area contributed by atoms with Gasteiger partial charge in [0.2, 0.25) is 0 Å². The highest BCUT2D eigenvalue weighted by atomic mass is 19.1. The lowest BCUT2D eigenvalue weighted by Crippen LogP contribution is -2.36. The van der Waals surface area contributed by atoms with Gasteiger partial charge in [-0.1, -0.05) is 18.1 Å². The summed E-state index contributed by atoms with van der Waals surface area (Å²) in [6, 6.07) is 15.1. The number of aromatic nitrogens is 9. The maximum absolute atomic E-state index is 16.2. The fourth-order valence-electron chi connectivity index (χ4n) is 10.0. The smallest absolute Gasteiger partial charge is 0.376 e. The van der Waals surface area contributed by atoms with Gasteiger partial charge in [-0.25, -0.2) is 23.1 Å². The number of aryl methyl sites for hydroxylation is 2. The maximum atomic E-state index is 16.2. The first-order valence-electron chi connectivity index (χ1n) is 23.1. The first kappa shape index (κ1) is 42.7. The van der Waals surface area contributed by atoms with Gasteiger partial charge in [-0.2, -0.15) is 10.2 Å². The van der Waals surface area contributed by atoms with E-state index in [0.717, 1.165) is 61.9 Å². The highest BCUT2D eigenvalue weighted by molar-refractivity contribution is 5.98. The number of ether oxygens (including phenoxy) is 1. The van der Waals surface area contributed by atoms with E-state index in [9.17, 15) is 18.8 Å². The van der Waals surface area contributed by atoms with E-state index in [1.165, 1.54) is 27.1 Å². The zero-order valence-electron chi connectivity index (χ0n) is 38.1. The molecular weight excluding hydrogens is 859 g/mol. The fourth-order valence-corrected chi connectivity index (χ4v) is 10.0. The molecular formula is C50H52F2N10O5. The zero-order chi connectivity index (χ0) is 46.5. The minimum atomic E-state index is -0.534. The predicted molar refractivity (Wildman–Crippen MR) is 246 cm³/mol. The van der Waals surface area contributed by atoms with Gasteiger partial charge < -0.3 is 14.6 Å². The molecule has 15 nitrogen and oxygen atoms in total. The second-order valence-electron chi connectivity index (χ2n) is 19.6. The first-order valence-corrected chi connectivity index (χ1v) is 23.1. The third-order valence-electron chi connectivity index (χ3n) is 14.1. The molecule has 3 unspecified atom stereocenters. The lowest BCUT2D eigenvalue weighted by Gasteiger charge is -2.35. The molecule has 2 aliphatic carbocycles.